The molecular weight excluding hydrogens is 394 g/mol. The van der Waals surface area contributed by atoms with Crippen LogP contribution in [0, 0.1) is 5.92 Å². The summed E-state index contributed by atoms with van der Waals surface area (Å²) in [6.45, 7) is 4.42. The molecule has 0 radical (unpaired) electrons. The van der Waals surface area contributed by atoms with Crippen LogP contribution in [0.2, 0.25) is 0 Å². The number of aryl methyl sites for hydroxylation is 1. The number of ether oxygens (including phenoxy) is 1. The summed E-state index contributed by atoms with van der Waals surface area (Å²) in [6.07, 6.45) is 7.31. The van der Waals surface area contributed by atoms with Gasteiger partial charge in [0.05, 0.1) is 16.5 Å². The van der Waals surface area contributed by atoms with Gasteiger partial charge >= 0.3 is 5.97 Å². The molecule has 0 saturated heterocycles. The lowest BCUT2D eigenvalue weighted by Crippen LogP contribution is -2.46. The minimum absolute atomic E-state index is 0.0591. The number of aromatic nitrogens is 2. The number of nitrogens with one attached hydrogen (secondary N) is 1. The molecule has 2 heterocycles. The van der Waals surface area contributed by atoms with Crippen molar-refractivity contribution >= 4 is 22.8 Å². The molecule has 2 aliphatic rings. The van der Waals surface area contributed by atoms with Gasteiger partial charge < -0.3 is 10.1 Å². The Bertz CT molecular complexity index is 1050. The van der Waals surface area contributed by atoms with Crippen molar-refractivity contribution in [3.8, 4) is 0 Å². The Morgan fingerprint density at radius 2 is 1.97 bits per heavy atom. The number of carbonyl (C=O) groups is 2. The maximum atomic E-state index is 12.8. The van der Waals surface area contributed by atoms with E-state index in [-0.39, 0.29) is 17.5 Å². The molecule has 1 fully saturated rings. The van der Waals surface area contributed by atoms with Crippen molar-refractivity contribution in [2.75, 3.05) is 0 Å². The van der Waals surface area contributed by atoms with Crippen LogP contribution < -0.4 is 10.9 Å². The van der Waals surface area contributed by atoms with Crippen LogP contribution in [0.3, 0.4) is 0 Å². The van der Waals surface area contributed by atoms with Crippen LogP contribution in [-0.4, -0.2) is 33.6 Å². The van der Waals surface area contributed by atoms with E-state index in [4.69, 9.17) is 4.74 Å². The highest BCUT2D eigenvalue weighted by Gasteiger charge is 2.26. The number of esters is 1. The Morgan fingerprint density at radius 3 is 2.77 bits per heavy atom. The van der Waals surface area contributed by atoms with Gasteiger partial charge in [0.2, 0.25) is 0 Å². The van der Waals surface area contributed by atoms with Gasteiger partial charge in [-0.05, 0) is 56.7 Å². The largest absolute Gasteiger partial charge is 0.449 e. The summed E-state index contributed by atoms with van der Waals surface area (Å²) >= 11 is 0. The van der Waals surface area contributed by atoms with Crippen LogP contribution in [0.15, 0.2) is 23.0 Å². The Morgan fingerprint density at radius 1 is 1.16 bits per heavy atom. The van der Waals surface area contributed by atoms with Gasteiger partial charge in [-0.25, -0.2) is 9.78 Å². The van der Waals surface area contributed by atoms with Crippen LogP contribution >= 0.6 is 0 Å². The Kier molecular flexibility index (Phi) is 6.39. The first kappa shape index (κ1) is 21.5. The maximum absolute atomic E-state index is 12.8. The molecule has 31 heavy (non-hydrogen) atoms. The van der Waals surface area contributed by atoms with Crippen LogP contribution in [-0.2, 0) is 22.5 Å². The van der Waals surface area contributed by atoms with Crippen molar-refractivity contribution in [2.24, 2.45) is 5.92 Å². The smallest absolute Gasteiger partial charge is 0.338 e. The third-order valence-corrected chi connectivity index (χ3v) is 6.64. The lowest BCUT2D eigenvalue weighted by Gasteiger charge is -2.30. The van der Waals surface area contributed by atoms with Crippen molar-refractivity contribution in [3.63, 3.8) is 0 Å². The van der Waals surface area contributed by atoms with Gasteiger partial charge in [0.25, 0.3) is 11.5 Å². The van der Waals surface area contributed by atoms with E-state index in [2.05, 4.69) is 17.2 Å². The molecule has 7 heteroatoms. The average Bonchev–Trinajstić information content (AvgIpc) is 3.00. The molecule has 0 spiro atoms. The summed E-state index contributed by atoms with van der Waals surface area (Å²) in [7, 11) is 0. The molecule has 7 nitrogen and oxygen atoms in total. The number of carbonyl (C=O) groups excluding carboxylic acids is 2. The standard InChI is InChI=1S/C24H31N3O4/c1-15-8-5-6-9-19(15)26-22(28)16(2)31-24(30)17-11-12-18-20(14-17)25-21-10-4-3-7-13-27(21)23(18)29/h11-12,14-16,19H,3-10,13H2,1-2H3,(H,26,28). The predicted molar refractivity (Wildman–Crippen MR) is 118 cm³/mol. The second-order valence-corrected chi connectivity index (χ2v) is 8.95. The molecule has 1 aromatic heterocycles. The highest BCUT2D eigenvalue weighted by Crippen LogP contribution is 2.24. The fourth-order valence-corrected chi connectivity index (χ4v) is 4.66. The number of hydrogen-bond acceptors (Lipinski definition) is 5. The lowest BCUT2D eigenvalue weighted by molar-refractivity contribution is -0.130. The van der Waals surface area contributed by atoms with Gasteiger partial charge in [0, 0.05) is 19.0 Å². The van der Waals surface area contributed by atoms with Gasteiger partial charge in [-0.15, -0.1) is 0 Å². The third kappa shape index (κ3) is 4.65. The van der Waals surface area contributed by atoms with Gasteiger partial charge in [0.1, 0.15) is 5.82 Å². The second kappa shape index (κ2) is 9.20. The summed E-state index contributed by atoms with van der Waals surface area (Å²) < 4.78 is 7.18. The van der Waals surface area contributed by atoms with Crippen molar-refractivity contribution in [1.29, 1.82) is 0 Å². The van der Waals surface area contributed by atoms with E-state index >= 15 is 0 Å². The summed E-state index contributed by atoms with van der Waals surface area (Å²) in [5.74, 6) is 0.351. The van der Waals surface area contributed by atoms with Crippen molar-refractivity contribution in [3.05, 3.63) is 39.9 Å². The molecule has 166 valence electrons. The first-order valence-corrected chi connectivity index (χ1v) is 11.5. The molecule has 4 rings (SSSR count). The molecule has 1 aliphatic heterocycles. The van der Waals surface area contributed by atoms with Gasteiger partial charge in [-0.3, -0.25) is 14.2 Å². The molecule has 1 N–H and O–H groups in total. The van der Waals surface area contributed by atoms with E-state index < -0.39 is 12.1 Å². The highest BCUT2D eigenvalue weighted by molar-refractivity contribution is 5.95. The van der Waals surface area contributed by atoms with Crippen LogP contribution in [0.4, 0.5) is 0 Å². The van der Waals surface area contributed by atoms with Crippen LogP contribution in [0.5, 0.6) is 0 Å². The van der Waals surface area contributed by atoms with Crippen LogP contribution in [0.1, 0.15) is 75.0 Å². The summed E-state index contributed by atoms with van der Waals surface area (Å²) in [6, 6.07) is 4.94. The molecule has 1 aliphatic carbocycles. The zero-order valence-electron chi connectivity index (χ0n) is 18.4. The number of rotatable bonds is 4. The average molecular weight is 426 g/mol. The maximum Gasteiger partial charge on any atom is 0.338 e. The van der Waals surface area contributed by atoms with Gasteiger partial charge in [0.15, 0.2) is 6.10 Å². The number of benzene rings is 1. The first-order chi connectivity index (χ1) is 14.9. The SMILES string of the molecule is CC(OC(=O)c1ccc2c(=O)n3c(nc2c1)CCCCC3)C(=O)NC1CCCCC1C. The Hall–Kier alpha value is -2.70. The normalized spacial score (nSPS) is 22.3. The van der Waals surface area contributed by atoms with Crippen molar-refractivity contribution < 1.29 is 14.3 Å². The monoisotopic (exact) mass is 425 g/mol. The second-order valence-electron chi connectivity index (χ2n) is 8.95. The van der Waals surface area contributed by atoms with E-state index in [0.717, 1.165) is 50.8 Å². The summed E-state index contributed by atoms with van der Waals surface area (Å²) in [5, 5.41) is 3.53. The highest BCUT2D eigenvalue weighted by atomic mass is 16.5. The van der Waals surface area contributed by atoms with Crippen LogP contribution in [0.25, 0.3) is 10.9 Å². The number of fused-ring (bicyclic) bond motifs is 2. The molecule has 1 saturated carbocycles. The fraction of sp³-hybridized carbons (Fsp3) is 0.583. The zero-order valence-corrected chi connectivity index (χ0v) is 18.4. The van der Waals surface area contributed by atoms with Crippen molar-refractivity contribution in [1.82, 2.24) is 14.9 Å². The zero-order chi connectivity index (χ0) is 22.0. The van der Waals surface area contributed by atoms with Gasteiger partial charge in [-0.2, -0.15) is 0 Å². The minimum atomic E-state index is -0.886. The molecule has 1 amide bonds. The quantitative estimate of drug-likeness (QED) is 0.759. The lowest BCUT2D eigenvalue weighted by atomic mass is 9.86. The number of nitrogens with zero attached hydrogens (tertiary/aromatic N) is 2. The van der Waals surface area contributed by atoms with E-state index in [1.165, 1.54) is 6.42 Å². The van der Waals surface area contributed by atoms with E-state index in [1.807, 2.05) is 0 Å². The molecular formula is C24H31N3O4. The third-order valence-electron chi connectivity index (χ3n) is 6.64. The predicted octanol–water partition coefficient (Wildman–Crippen LogP) is 3.36. The number of amides is 1. The summed E-state index contributed by atoms with van der Waals surface area (Å²) in [5.41, 5.74) is 0.737. The summed E-state index contributed by atoms with van der Waals surface area (Å²) in [4.78, 5) is 42.7. The minimum Gasteiger partial charge on any atom is -0.449 e. The molecule has 3 unspecified atom stereocenters. The number of hydrogen-bond donors (Lipinski definition) is 1. The first-order valence-electron chi connectivity index (χ1n) is 11.5. The Labute approximate surface area is 182 Å². The molecule has 3 atom stereocenters. The van der Waals surface area contributed by atoms with E-state index in [1.54, 1.807) is 29.7 Å². The fourth-order valence-electron chi connectivity index (χ4n) is 4.66. The van der Waals surface area contributed by atoms with Crippen molar-refractivity contribution in [2.45, 2.75) is 83.9 Å². The van der Waals surface area contributed by atoms with E-state index in [9.17, 15) is 14.4 Å². The molecule has 0 bridgehead atoms. The molecule has 1 aromatic carbocycles. The topological polar surface area (TPSA) is 90.3 Å². The Balaban J connectivity index is 1.48. The molecule has 2 aromatic rings. The van der Waals surface area contributed by atoms with Gasteiger partial charge in [-0.1, -0.05) is 26.2 Å². The van der Waals surface area contributed by atoms with E-state index in [0.29, 0.717) is 28.9 Å².